The minimum absolute atomic E-state index is 0.0267. The second-order valence-electron chi connectivity index (χ2n) is 5.14. The zero-order valence-electron chi connectivity index (χ0n) is 11.8. The largest absolute Gasteiger partial charge is 0.387 e. The summed E-state index contributed by atoms with van der Waals surface area (Å²) >= 11 is 11.9. The van der Waals surface area contributed by atoms with Crippen LogP contribution in [0.2, 0.25) is 10.0 Å². The van der Waals surface area contributed by atoms with Gasteiger partial charge in [0.2, 0.25) is 0 Å². The number of hydrogen-bond donors (Lipinski definition) is 2. The van der Waals surface area contributed by atoms with Crippen LogP contribution in [-0.4, -0.2) is 18.2 Å². The molecule has 2 nitrogen and oxygen atoms in total. The van der Waals surface area contributed by atoms with E-state index in [1.54, 1.807) is 12.1 Å². The van der Waals surface area contributed by atoms with E-state index in [1.807, 2.05) is 13.1 Å². The normalized spacial score (nSPS) is 16.1. The second-order valence-corrected chi connectivity index (χ2v) is 5.96. The van der Waals surface area contributed by atoms with Gasteiger partial charge in [0.1, 0.15) is 0 Å². The van der Waals surface area contributed by atoms with E-state index in [2.05, 4.69) is 19.2 Å². The molecule has 0 radical (unpaired) electrons. The standard InChI is InChI=1S/C15H23Cl2NO/c1-4-5-10(2)8-14(18-3)15(19)11-6-7-12(16)13(17)9-11/h6-7,9-10,14-15,18-19H,4-5,8H2,1-3H3. The molecule has 0 saturated heterocycles. The fourth-order valence-corrected chi connectivity index (χ4v) is 2.68. The van der Waals surface area contributed by atoms with Crippen LogP contribution < -0.4 is 5.32 Å². The van der Waals surface area contributed by atoms with Gasteiger partial charge >= 0.3 is 0 Å². The molecular weight excluding hydrogens is 281 g/mol. The average molecular weight is 304 g/mol. The van der Waals surface area contributed by atoms with Gasteiger partial charge in [-0.1, -0.05) is 56.0 Å². The van der Waals surface area contributed by atoms with Crippen molar-refractivity contribution in [2.45, 2.75) is 45.3 Å². The Morgan fingerprint density at radius 3 is 2.47 bits per heavy atom. The van der Waals surface area contributed by atoms with E-state index in [0.29, 0.717) is 16.0 Å². The molecule has 0 aliphatic rings. The van der Waals surface area contributed by atoms with Crippen molar-refractivity contribution in [3.05, 3.63) is 33.8 Å². The Kier molecular flexibility index (Phi) is 7.16. The smallest absolute Gasteiger partial charge is 0.0943 e. The van der Waals surface area contributed by atoms with E-state index in [1.165, 1.54) is 12.8 Å². The molecule has 0 amide bonds. The molecule has 0 aliphatic carbocycles. The van der Waals surface area contributed by atoms with E-state index in [4.69, 9.17) is 23.2 Å². The Balaban J connectivity index is 2.76. The molecule has 0 fully saturated rings. The lowest BCUT2D eigenvalue weighted by molar-refractivity contribution is 0.118. The van der Waals surface area contributed by atoms with Gasteiger partial charge in [0.05, 0.1) is 16.1 Å². The number of rotatable bonds is 7. The van der Waals surface area contributed by atoms with Crippen molar-refractivity contribution >= 4 is 23.2 Å². The Morgan fingerprint density at radius 1 is 1.26 bits per heavy atom. The summed E-state index contributed by atoms with van der Waals surface area (Å²) in [5, 5.41) is 14.6. The lowest BCUT2D eigenvalue weighted by Crippen LogP contribution is -2.33. The molecule has 0 aromatic heterocycles. The summed E-state index contributed by atoms with van der Waals surface area (Å²) < 4.78 is 0. The minimum atomic E-state index is -0.570. The molecule has 108 valence electrons. The van der Waals surface area contributed by atoms with Gasteiger partial charge in [0.15, 0.2) is 0 Å². The third-order valence-electron chi connectivity index (χ3n) is 3.47. The monoisotopic (exact) mass is 303 g/mol. The predicted octanol–water partition coefficient (Wildman–Crippen LogP) is 4.44. The van der Waals surface area contributed by atoms with Crippen LogP contribution in [0, 0.1) is 5.92 Å². The molecule has 0 spiro atoms. The Bertz CT molecular complexity index is 398. The molecule has 4 heteroatoms. The first kappa shape index (κ1) is 16.8. The van der Waals surface area contributed by atoms with Crippen molar-refractivity contribution in [3.63, 3.8) is 0 Å². The molecule has 0 bridgehead atoms. The molecule has 1 rings (SSSR count). The van der Waals surface area contributed by atoms with Crippen molar-refractivity contribution in [1.82, 2.24) is 5.32 Å². The summed E-state index contributed by atoms with van der Waals surface area (Å²) in [4.78, 5) is 0. The lowest BCUT2D eigenvalue weighted by atomic mass is 9.91. The number of hydrogen-bond acceptors (Lipinski definition) is 2. The highest BCUT2D eigenvalue weighted by molar-refractivity contribution is 6.42. The first-order chi connectivity index (χ1) is 8.99. The van der Waals surface area contributed by atoms with E-state index in [-0.39, 0.29) is 6.04 Å². The van der Waals surface area contributed by atoms with Crippen LogP contribution in [0.1, 0.15) is 44.8 Å². The van der Waals surface area contributed by atoms with Gasteiger partial charge in [-0.3, -0.25) is 0 Å². The fourth-order valence-electron chi connectivity index (χ4n) is 2.38. The Morgan fingerprint density at radius 2 is 1.95 bits per heavy atom. The maximum atomic E-state index is 10.4. The van der Waals surface area contributed by atoms with Crippen LogP contribution in [-0.2, 0) is 0 Å². The highest BCUT2D eigenvalue weighted by atomic mass is 35.5. The van der Waals surface area contributed by atoms with E-state index in [9.17, 15) is 5.11 Å². The van der Waals surface area contributed by atoms with Crippen LogP contribution in [0.25, 0.3) is 0 Å². The number of likely N-dealkylation sites (N-methyl/N-ethyl adjacent to an activating group) is 1. The van der Waals surface area contributed by atoms with E-state index >= 15 is 0 Å². The van der Waals surface area contributed by atoms with Crippen molar-refractivity contribution < 1.29 is 5.11 Å². The number of nitrogens with one attached hydrogen (secondary N) is 1. The summed E-state index contributed by atoms with van der Waals surface area (Å²) in [7, 11) is 1.88. The van der Waals surface area contributed by atoms with Gasteiger partial charge in [0, 0.05) is 6.04 Å². The summed E-state index contributed by atoms with van der Waals surface area (Å²) in [6, 6.07) is 5.32. The third kappa shape index (κ3) is 4.96. The maximum Gasteiger partial charge on any atom is 0.0943 e. The molecule has 2 N–H and O–H groups in total. The number of aliphatic hydroxyl groups excluding tert-OH is 1. The van der Waals surface area contributed by atoms with Gasteiger partial charge < -0.3 is 10.4 Å². The molecule has 1 aromatic rings. The molecule has 0 heterocycles. The first-order valence-electron chi connectivity index (χ1n) is 6.79. The molecule has 19 heavy (non-hydrogen) atoms. The van der Waals surface area contributed by atoms with Crippen LogP contribution in [0.4, 0.5) is 0 Å². The minimum Gasteiger partial charge on any atom is -0.387 e. The fraction of sp³-hybridized carbons (Fsp3) is 0.600. The summed E-state index contributed by atoms with van der Waals surface area (Å²) in [6.45, 7) is 4.40. The Labute approximate surface area is 126 Å². The van der Waals surface area contributed by atoms with Gasteiger partial charge in [-0.05, 0) is 37.1 Å². The molecule has 3 unspecified atom stereocenters. The quantitative estimate of drug-likeness (QED) is 0.780. The molecule has 0 aliphatic heterocycles. The summed E-state index contributed by atoms with van der Waals surface area (Å²) in [6.07, 6.45) is 2.71. The highest BCUT2D eigenvalue weighted by Gasteiger charge is 2.21. The lowest BCUT2D eigenvalue weighted by Gasteiger charge is -2.26. The van der Waals surface area contributed by atoms with Gasteiger partial charge in [-0.2, -0.15) is 0 Å². The van der Waals surface area contributed by atoms with Crippen molar-refractivity contribution in [3.8, 4) is 0 Å². The van der Waals surface area contributed by atoms with Crippen molar-refractivity contribution in [1.29, 1.82) is 0 Å². The van der Waals surface area contributed by atoms with Gasteiger partial charge in [-0.25, -0.2) is 0 Å². The van der Waals surface area contributed by atoms with Crippen LogP contribution in [0.3, 0.4) is 0 Å². The highest BCUT2D eigenvalue weighted by Crippen LogP contribution is 2.29. The van der Waals surface area contributed by atoms with E-state index in [0.717, 1.165) is 12.0 Å². The Hall–Kier alpha value is -0.280. The van der Waals surface area contributed by atoms with Crippen molar-refractivity contribution in [2.24, 2.45) is 5.92 Å². The molecule has 1 aromatic carbocycles. The van der Waals surface area contributed by atoms with E-state index < -0.39 is 6.10 Å². The summed E-state index contributed by atoms with van der Waals surface area (Å²) in [5.41, 5.74) is 0.803. The maximum absolute atomic E-state index is 10.4. The number of halogens is 2. The van der Waals surface area contributed by atoms with Crippen LogP contribution >= 0.6 is 23.2 Å². The SMILES string of the molecule is CCCC(C)CC(NC)C(O)c1ccc(Cl)c(Cl)c1. The van der Waals surface area contributed by atoms with Crippen molar-refractivity contribution in [2.75, 3.05) is 7.05 Å². The molecular formula is C15H23Cl2NO. The average Bonchev–Trinajstić information content (AvgIpc) is 2.38. The summed E-state index contributed by atoms with van der Waals surface area (Å²) in [5.74, 6) is 0.583. The zero-order valence-corrected chi connectivity index (χ0v) is 13.3. The molecule has 0 saturated carbocycles. The third-order valence-corrected chi connectivity index (χ3v) is 4.21. The topological polar surface area (TPSA) is 32.3 Å². The van der Waals surface area contributed by atoms with Gasteiger partial charge in [-0.15, -0.1) is 0 Å². The predicted molar refractivity (Wildman–Crippen MR) is 83.0 cm³/mol. The van der Waals surface area contributed by atoms with Gasteiger partial charge in [0.25, 0.3) is 0 Å². The number of benzene rings is 1. The van der Waals surface area contributed by atoms with Crippen LogP contribution in [0.15, 0.2) is 18.2 Å². The molecule has 3 atom stereocenters. The second kappa shape index (κ2) is 8.11. The van der Waals surface area contributed by atoms with Crippen LogP contribution in [0.5, 0.6) is 0 Å². The zero-order chi connectivity index (χ0) is 14.4. The first-order valence-corrected chi connectivity index (χ1v) is 7.55. The number of aliphatic hydroxyl groups is 1.